The predicted octanol–water partition coefficient (Wildman–Crippen LogP) is 5.67. The second kappa shape index (κ2) is 9.38. The quantitative estimate of drug-likeness (QED) is 0.207. The Morgan fingerprint density at radius 3 is 1.27 bits per heavy atom. The van der Waals surface area contributed by atoms with E-state index in [4.69, 9.17) is 18.3 Å². The molecule has 33 heavy (non-hydrogen) atoms. The van der Waals surface area contributed by atoms with Crippen molar-refractivity contribution in [3.05, 3.63) is 93.7 Å². The SMILES string of the molecule is O=C(Oc1ccc(S(=O)(=O)c2ccc(OC(=O)c3ccc(Br)o3)cc2)cc1)c1ccc(Br)o1. The summed E-state index contributed by atoms with van der Waals surface area (Å²) in [5, 5.41) is 0. The van der Waals surface area contributed by atoms with Crippen molar-refractivity contribution in [2.24, 2.45) is 0 Å². The number of rotatable bonds is 6. The molecule has 0 spiro atoms. The van der Waals surface area contributed by atoms with Crippen LogP contribution >= 0.6 is 31.9 Å². The van der Waals surface area contributed by atoms with Gasteiger partial charge in [-0.2, -0.15) is 0 Å². The maximum Gasteiger partial charge on any atom is 0.379 e. The minimum atomic E-state index is -3.86. The van der Waals surface area contributed by atoms with Crippen LogP contribution in [0.4, 0.5) is 0 Å². The summed E-state index contributed by atoms with van der Waals surface area (Å²) in [6.45, 7) is 0. The van der Waals surface area contributed by atoms with E-state index >= 15 is 0 Å². The van der Waals surface area contributed by atoms with Gasteiger partial charge in [0.1, 0.15) is 11.5 Å². The van der Waals surface area contributed by atoms with Crippen molar-refractivity contribution in [2.75, 3.05) is 0 Å². The monoisotopic (exact) mass is 594 g/mol. The number of hydrogen-bond acceptors (Lipinski definition) is 8. The standard InChI is InChI=1S/C22H12Br2O8S/c23-19-11-9-17(31-19)21(25)29-13-1-5-15(6-2-13)33(27,28)16-7-3-14(4-8-16)30-22(26)18-10-12-20(24)32-18/h1-12H. The van der Waals surface area contributed by atoms with Gasteiger partial charge in [-0.1, -0.05) is 0 Å². The maximum absolute atomic E-state index is 12.9. The lowest BCUT2D eigenvalue weighted by atomic mass is 10.3. The lowest BCUT2D eigenvalue weighted by Crippen LogP contribution is -2.08. The molecule has 4 rings (SSSR count). The lowest BCUT2D eigenvalue weighted by Gasteiger charge is -2.08. The molecule has 0 aliphatic carbocycles. The second-order valence-electron chi connectivity index (χ2n) is 6.43. The molecule has 168 valence electrons. The van der Waals surface area contributed by atoms with Crippen molar-refractivity contribution in [1.82, 2.24) is 0 Å². The maximum atomic E-state index is 12.9. The molecule has 0 saturated heterocycles. The van der Waals surface area contributed by atoms with Gasteiger partial charge in [-0.15, -0.1) is 0 Å². The van der Waals surface area contributed by atoms with Crippen LogP contribution in [0.3, 0.4) is 0 Å². The Morgan fingerprint density at radius 2 is 0.970 bits per heavy atom. The third-order valence-corrected chi connectivity index (χ3v) is 6.88. The van der Waals surface area contributed by atoms with E-state index in [0.717, 1.165) is 0 Å². The topological polar surface area (TPSA) is 113 Å². The molecule has 2 aromatic carbocycles. The van der Waals surface area contributed by atoms with Crippen LogP contribution in [0.15, 0.2) is 101 Å². The molecule has 2 heterocycles. The predicted molar refractivity (Wildman–Crippen MR) is 121 cm³/mol. The molecule has 2 aromatic heterocycles. The molecule has 0 radical (unpaired) electrons. The smallest absolute Gasteiger partial charge is 0.379 e. The Hall–Kier alpha value is -3.15. The fraction of sp³-hybridized carbons (Fsp3) is 0. The highest BCUT2D eigenvalue weighted by molar-refractivity contribution is 9.10. The minimum absolute atomic E-state index is 0.000884. The number of benzene rings is 2. The first kappa shape index (κ1) is 23.0. The van der Waals surface area contributed by atoms with Crippen LogP contribution in [0.1, 0.15) is 21.1 Å². The summed E-state index contributed by atoms with van der Waals surface area (Å²) in [7, 11) is -3.86. The Morgan fingerprint density at radius 1 is 0.606 bits per heavy atom. The Kier molecular flexibility index (Phi) is 6.54. The van der Waals surface area contributed by atoms with Gasteiger partial charge in [0.25, 0.3) is 0 Å². The molecule has 0 aliphatic rings. The molecule has 8 nitrogen and oxygen atoms in total. The zero-order chi connectivity index (χ0) is 23.6. The lowest BCUT2D eigenvalue weighted by molar-refractivity contribution is 0.0691. The van der Waals surface area contributed by atoms with Gasteiger partial charge >= 0.3 is 11.9 Å². The van der Waals surface area contributed by atoms with Gasteiger partial charge in [-0.05, 0) is 105 Å². The number of sulfone groups is 1. The zero-order valence-corrected chi connectivity index (χ0v) is 20.3. The van der Waals surface area contributed by atoms with E-state index in [1.54, 1.807) is 12.1 Å². The van der Waals surface area contributed by atoms with Gasteiger partial charge < -0.3 is 18.3 Å². The largest absolute Gasteiger partial charge is 0.442 e. The molecule has 11 heteroatoms. The fourth-order valence-electron chi connectivity index (χ4n) is 2.67. The molecule has 0 aliphatic heterocycles. The molecular weight excluding hydrogens is 584 g/mol. The summed E-state index contributed by atoms with van der Waals surface area (Å²) in [6.07, 6.45) is 0. The van der Waals surface area contributed by atoms with Crippen molar-refractivity contribution in [2.45, 2.75) is 9.79 Å². The number of carbonyl (C=O) groups excluding carboxylic acids is 2. The molecule has 4 aromatic rings. The van der Waals surface area contributed by atoms with Crippen LogP contribution in [0, 0.1) is 0 Å². The summed E-state index contributed by atoms with van der Waals surface area (Å²) in [6, 6.07) is 16.7. The number of ether oxygens (including phenoxy) is 2. The van der Waals surface area contributed by atoms with Crippen molar-refractivity contribution in [1.29, 1.82) is 0 Å². The summed E-state index contributed by atoms with van der Waals surface area (Å²) >= 11 is 6.19. The van der Waals surface area contributed by atoms with E-state index in [0.29, 0.717) is 9.34 Å². The van der Waals surface area contributed by atoms with E-state index in [9.17, 15) is 18.0 Å². The normalized spacial score (nSPS) is 11.2. The first-order valence-electron chi connectivity index (χ1n) is 9.12. The summed E-state index contributed by atoms with van der Waals surface area (Å²) < 4.78 is 47.1. The number of carbonyl (C=O) groups is 2. The first-order chi connectivity index (χ1) is 15.7. The Labute approximate surface area is 204 Å². The van der Waals surface area contributed by atoms with Crippen LogP contribution in [-0.4, -0.2) is 20.4 Å². The Bertz CT molecular complexity index is 1310. The van der Waals surface area contributed by atoms with Crippen LogP contribution in [-0.2, 0) is 9.84 Å². The minimum Gasteiger partial charge on any atom is -0.442 e. The van der Waals surface area contributed by atoms with Gasteiger partial charge in [0, 0.05) is 0 Å². The van der Waals surface area contributed by atoms with Gasteiger partial charge in [0.2, 0.25) is 21.4 Å². The van der Waals surface area contributed by atoms with Crippen LogP contribution in [0.5, 0.6) is 11.5 Å². The Balaban J connectivity index is 1.45. The third kappa shape index (κ3) is 5.27. The average molecular weight is 596 g/mol. The van der Waals surface area contributed by atoms with E-state index in [1.807, 2.05) is 0 Å². The van der Waals surface area contributed by atoms with E-state index in [2.05, 4.69) is 31.9 Å². The molecule has 0 amide bonds. The van der Waals surface area contributed by atoms with E-state index in [-0.39, 0.29) is 32.8 Å². The molecule has 0 saturated carbocycles. The summed E-state index contributed by atoms with van der Waals surface area (Å²) in [4.78, 5) is 24.1. The highest BCUT2D eigenvalue weighted by Crippen LogP contribution is 2.26. The third-order valence-electron chi connectivity index (χ3n) is 4.24. The second-order valence-corrected chi connectivity index (χ2v) is 9.95. The average Bonchev–Trinajstić information content (AvgIpc) is 3.43. The molecule has 0 fully saturated rings. The number of hydrogen-bond donors (Lipinski definition) is 0. The number of esters is 2. The van der Waals surface area contributed by atoms with E-state index < -0.39 is 21.8 Å². The van der Waals surface area contributed by atoms with Crippen LogP contribution in [0.2, 0.25) is 0 Å². The molecule has 0 unspecified atom stereocenters. The number of furan rings is 2. The van der Waals surface area contributed by atoms with Crippen molar-refractivity contribution in [3.8, 4) is 11.5 Å². The number of halogens is 2. The van der Waals surface area contributed by atoms with Crippen LogP contribution in [0.25, 0.3) is 0 Å². The molecule has 0 atom stereocenters. The zero-order valence-electron chi connectivity index (χ0n) is 16.4. The van der Waals surface area contributed by atoms with Crippen molar-refractivity contribution >= 4 is 53.6 Å². The van der Waals surface area contributed by atoms with E-state index in [1.165, 1.54) is 60.7 Å². The summed E-state index contributed by atoms with van der Waals surface area (Å²) in [5.41, 5.74) is 0. The van der Waals surface area contributed by atoms with Gasteiger partial charge in [0.15, 0.2) is 9.34 Å². The highest BCUT2D eigenvalue weighted by atomic mass is 79.9. The van der Waals surface area contributed by atoms with Crippen LogP contribution < -0.4 is 9.47 Å². The summed E-state index contributed by atoms with van der Waals surface area (Å²) in [5.74, 6) is -1.14. The van der Waals surface area contributed by atoms with Gasteiger partial charge in [-0.25, -0.2) is 18.0 Å². The van der Waals surface area contributed by atoms with Crippen molar-refractivity contribution in [3.63, 3.8) is 0 Å². The highest BCUT2D eigenvalue weighted by Gasteiger charge is 2.20. The fourth-order valence-corrected chi connectivity index (χ4v) is 4.55. The molecule has 0 N–H and O–H groups in total. The van der Waals surface area contributed by atoms with Crippen molar-refractivity contribution < 1.29 is 36.3 Å². The first-order valence-corrected chi connectivity index (χ1v) is 12.2. The molecular formula is C22H12Br2O8S. The van der Waals surface area contributed by atoms with Gasteiger partial charge in [-0.3, -0.25) is 0 Å². The molecule has 0 bridgehead atoms. The van der Waals surface area contributed by atoms with Gasteiger partial charge in [0.05, 0.1) is 9.79 Å².